The van der Waals surface area contributed by atoms with Crippen LogP contribution in [0.5, 0.6) is 0 Å². The monoisotopic (exact) mass is 518 g/mol. The standard InChI is InChI=1S/C32H39ClN2O2/c1-23(2)34-31(37)29(21-25-11-7-6-8-12-25)35(22-26-13-9-10-14-28(26)33)30(36)20-17-24-15-18-27(19-16-24)32(3,4)5/h6-16,18-19,23,29H,17,20-22H2,1-5H3,(H,34,37). The van der Waals surface area contributed by atoms with E-state index in [1.807, 2.05) is 68.4 Å². The maximum absolute atomic E-state index is 13.8. The van der Waals surface area contributed by atoms with Crippen molar-refractivity contribution in [1.82, 2.24) is 10.2 Å². The van der Waals surface area contributed by atoms with Gasteiger partial charge in [-0.25, -0.2) is 0 Å². The van der Waals surface area contributed by atoms with Crippen LogP contribution in [0.3, 0.4) is 0 Å². The van der Waals surface area contributed by atoms with Gasteiger partial charge in [-0.1, -0.05) is 105 Å². The third-order valence-electron chi connectivity index (χ3n) is 6.45. The second-order valence-corrected chi connectivity index (χ2v) is 11.3. The maximum Gasteiger partial charge on any atom is 0.243 e. The van der Waals surface area contributed by atoms with Crippen LogP contribution in [-0.4, -0.2) is 28.8 Å². The number of nitrogens with one attached hydrogen (secondary N) is 1. The van der Waals surface area contributed by atoms with Crippen LogP contribution in [0, 0.1) is 0 Å². The Labute approximate surface area is 227 Å². The zero-order valence-corrected chi connectivity index (χ0v) is 23.4. The highest BCUT2D eigenvalue weighted by Crippen LogP contribution is 2.24. The molecule has 0 saturated heterocycles. The van der Waals surface area contributed by atoms with Crippen molar-refractivity contribution < 1.29 is 9.59 Å². The molecule has 0 spiro atoms. The first kappa shape index (κ1) is 28.5. The molecule has 0 aromatic heterocycles. The summed E-state index contributed by atoms with van der Waals surface area (Å²) < 4.78 is 0. The SMILES string of the molecule is CC(C)NC(=O)C(Cc1ccccc1)N(Cc1ccccc1Cl)C(=O)CCc1ccc(C(C)(C)C)cc1. The van der Waals surface area contributed by atoms with Crippen molar-refractivity contribution in [1.29, 1.82) is 0 Å². The van der Waals surface area contributed by atoms with Gasteiger partial charge in [-0.2, -0.15) is 0 Å². The second-order valence-electron chi connectivity index (χ2n) is 10.9. The summed E-state index contributed by atoms with van der Waals surface area (Å²) in [7, 11) is 0. The fraction of sp³-hybridized carbons (Fsp3) is 0.375. The van der Waals surface area contributed by atoms with Crippen molar-refractivity contribution in [2.45, 2.75) is 77.9 Å². The number of nitrogens with zero attached hydrogens (tertiary/aromatic N) is 1. The van der Waals surface area contributed by atoms with Crippen molar-refractivity contribution in [3.8, 4) is 0 Å². The molecule has 0 saturated carbocycles. The molecular weight excluding hydrogens is 480 g/mol. The fourth-order valence-corrected chi connectivity index (χ4v) is 4.51. The summed E-state index contributed by atoms with van der Waals surface area (Å²) >= 11 is 6.49. The number of hydrogen-bond donors (Lipinski definition) is 1. The largest absolute Gasteiger partial charge is 0.352 e. The van der Waals surface area contributed by atoms with Gasteiger partial charge in [0.25, 0.3) is 0 Å². The zero-order chi connectivity index (χ0) is 27.0. The Morgan fingerprint density at radius 2 is 1.49 bits per heavy atom. The van der Waals surface area contributed by atoms with Crippen LogP contribution in [0.4, 0.5) is 0 Å². The molecule has 0 aliphatic carbocycles. The summed E-state index contributed by atoms with van der Waals surface area (Å²) in [5, 5.41) is 3.61. The van der Waals surface area contributed by atoms with Crippen molar-refractivity contribution in [2.75, 3.05) is 0 Å². The van der Waals surface area contributed by atoms with Crippen LogP contribution < -0.4 is 5.32 Å². The Kier molecular flexibility index (Phi) is 9.93. The molecule has 0 aliphatic heterocycles. The Morgan fingerprint density at radius 1 is 0.865 bits per heavy atom. The number of rotatable bonds is 10. The van der Waals surface area contributed by atoms with E-state index in [1.54, 1.807) is 4.90 Å². The number of benzene rings is 3. The van der Waals surface area contributed by atoms with Gasteiger partial charge in [0.05, 0.1) is 0 Å². The van der Waals surface area contributed by atoms with E-state index in [2.05, 4.69) is 50.4 Å². The molecule has 3 aromatic carbocycles. The van der Waals surface area contributed by atoms with E-state index in [1.165, 1.54) is 5.56 Å². The molecule has 3 rings (SSSR count). The molecular formula is C32H39ClN2O2. The van der Waals surface area contributed by atoms with E-state index < -0.39 is 6.04 Å². The molecule has 0 aliphatic rings. The van der Waals surface area contributed by atoms with Crippen LogP contribution in [0.1, 0.15) is 63.3 Å². The van der Waals surface area contributed by atoms with E-state index >= 15 is 0 Å². The van der Waals surface area contributed by atoms with Crippen LogP contribution in [0.2, 0.25) is 5.02 Å². The van der Waals surface area contributed by atoms with Crippen LogP contribution >= 0.6 is 11.6 Å². The molecule has 4 nitrogen and oxygen atoms in total. The first-order valence-electron chi connectivity index (χ1n) is 13.0. The average molecular weight is 519 g/mol. The Bertz CT molecular complexity index is 1170. The van der Waals surface area contributed by atoms with Crippen LogP contribution in [0.25, 0.3) is 0 Å². The van der Waals surface area contributed by atoms with E-state index in [-0.39, 0.29) is 29.8 Å². The molecule has 37 heavy (non-hydrogen) atoms. The predicted octanol–water partition coefficient (Wildman–Crippen LogP) is 6.73. The molecule has 0 heterocycles. The summed E-state index contributed by atoms with van der Waals surface area (Å²) in [6, 6.07) is 25.1. The van der Waals surface area contributed by atoms with Crippen molar-refractivity contribution in [3.05, 3.63) is 106 Å². The number of carbonyl (C=O) groups is 2. The van der Waals surface area contributed by atoms with E-state index in [0.29, 0.717) is 24.3 Å². The first-order valence-corrected chi connectivity index (χ1v) is 13.4. The summed E-state index contributed by atoms with van der Waals surface area (Å²) in [5.41, 5.74) is 4.26. The lowest BCUT2D eigenvalue weighted by molar-refractivity contribution is -0.141. The molecule has 0 bridgehead atoms. The molecule has 196 valence electrons. The zero-order valence-electron chi connectivity index (χ0n) is 22.6. The normalized spacial score (nSPS) is 12.3. The third kappa shape index (κ3) is 8.46. The van der Waals surface area contributed by atoms with Crippen molar-refractivity contribution in [3.63, 3.8) is 0 Å². The summed E-state index contributed by atoms with van der Waals surface area (Å²) in [4.78, 5) is 28.9. The summed E-state index contributed by atoms with van der Waals surface area (Å²) in [6.45, 7) is 10.7. The number of halogens is 1. The minimum atomic E-state index is -0.656. The number of hydrogen-bond acceptors (Lipinski definition) is 2. The first-order chi connectivity index (χ1) is 17.5. The minimum Gasteiger partial charge on any atom is -0.352 e. The Hall–Kier alpha value is -3.11. The molecule has 2 amide bonds. The Morgan fingerprint density at radius 3 is 2.08 bits per heavy atom. The fourth-order valence-electron chi connectivity index (χ4n) is 4.31. The van der Waals surface area contributed by atoms with Gasteiger partial charge in [0.2, 0.25) is 11.8 Å². The van der Waals surface area contributed by atoms with Crippen molar-refractivity contribution in [2.24, 2.45) is 0 Å². The highest BCUT2D eigenvalue weighted by molar-refractivity contribution is 6.31. The minimum absolute atomic E-state index is 0.0376. The lowest BCUT2D eigenvalue weighted by atomic mass is 9.86. The van der Waals surface area contributed by atoms with Crippen molar-refractivity contribution >= 4 is 23.4 Å². The van der Waals surface area contributed by atoms with Crippen LogP contribution in [0.15, 0.2) is 78.9 Å². The van der Waals surface area contributed by atoms with E-state index in [4.69, 9.17) is 11.6 Å². The molecule has 3 aromatic rings. The number of amides is 2. The smallest absolute Gasteiger partial charge is 0.243 e. The lowest BCUT2D eigenvalue weighted by Gasteiger charge is -2.32. The molecule has 1 atom stereocenters. The van der Waals surface area contributed by atoms with Crippen LogP contribution in [-0.2, 0) is 34.4 Å². The van der Waals surface area contributed by atoms with E-state index in [9.17, 15) is 9.59 Å². The molecule has 1 unspecified atom stereocenters. The van der Waals surface area contributed by atoms with Gasteiger partial charge in [-0.05, 0) is 54.0 Å². The van der Waals surface area contributed by atoms with Gasteiger partial charge in [-0.3, -0.25) is 9.59 Å². The van der Waals surface area contributed by atoms with E-state index in [0.717, 1.165) is 16.7 Å². The third-order valence-corrected chi connectivity index (χ3v) is 6.82. The van der Waals surface area contributed by atoms with Gasteiger partial charge in [0.1, 0.15) is 6.04 Å². The Balaban J connectivity index is 1.89. The molecule has 1 N–H and O–H groups in total. The quantitative estimate of drug-likeness (QED) is 0.323. The summed E-state index contributed by atoms with van der Waals surface area (Å²) in [6.07, 6.45) is 1.33. The predicted molar refractivity (Wildman–Crippen MR) is 153 cm³/mol. The van der Waals surface area contributed by atoms with Gasteiger partial charge in [-0.15, -0.1) is 0 Å². The average Bonchev–Trinajstić information content (AvgIpc) is 2.85. The van der Waals surface area contributed by atoms with Gasteiger partial charge in [0.15, 0.2) is 0 Å². The summed E-state index contributed by atoms with van der Waals surface area (Å²) in [5.74, 6) is -0.228. The number of carbonyl (C=O) groups excluding carboxylic acids is 2. The highest BCUT2D eigenvalue weighted by atomic mass is 35.5. The lowest BCUT2D eigenvalue weighted by Crippen LogP contribution is -2.51. The second kappa shape index (κ2) is 12.9. The van der Waals surface area contributed by atoms with Gasteiger partial charge < -0.3 is 10.2 Å². The van der Waals surface area contributed by atoms with Gasteiger partial charge in [0, 0.05) is 30.5 Å². The molecule has 0 radical (unpaired) electrons. The maximum atomic E-state index is 13.8. The molecule has 0 fully saturated rings. The van der Waals surface area contributed by atoms with Gasteiger partial charge >= 0.3 is 0 Å². The topological polar surface area (TPSA) is 49.4 Å². The number of aryl methyl sites for hydroxylation is 1. The molecule has 5 heteroatoms. The highest BCUT2D eigenvalue weighted by Gasteiger charge is 2.31.